The van der Waals surface area contributed by atoms with E-state index < -0.39 is 0 Å². The fourth-order valence-electron chi connectivity index (χ4n) is 2.47. The summed E-state index contributed by atoms with van der Waals surface area (Å²) >= 11 is 11.2. The van der Waals surface area contributed by atoms with Gasteiger partial charge in [-0.05, 0) is 49.0 Å². The highest BCUT2D eigenvalue weighted by atomic mass is 35.5. The Kier molecular flexibility index (Phi) is 5.98. The van der Waals surface area contributed by atoms with Crippen LogP contribution in [0.5, 0.6) is 11.5 Å². The molecule has 27 heavy (non-hydrogen) atoms. The summed E-state index contributed by atoms with van der Waals surface area (Å²) < 4.78 is 26.5. The smallest absolute Gasteiger partial charge is 0.214 e. The number of benzene rings is 2. The van der Waals surface area contributed by atoms with Gasteiger partial charge in [0.25, 0.3) is 0 Å². The molecule has 9 heteroatoms. The van der Waals surface area contributed by atoms with Crippen LogP contribution in [0.3, 0.4) is 0 Å². The number of nitrogens with zero attached hydrogens (tertiary/aromatic N) is 2. The molecule has 0 amide bonds. The maximum atomic E-state index is 13.1. The highest BCUT2D eigenvalue weighted by Gasteiger charge is 2.09. The molecule has 2 aromatic carbocycles. The molecule has 6 nitrogen and oxygen atoms in total. The minimum Gasteiger partial charge on any atom is -0.493 e. The molecule has 0 aliphatic heterocycles. The van der Waals surface area contributed by atoms with Crippen LogP contribution in [0.2, 0.25) is 5.02 Å². The molecule has 2 N–H and O–H groups in total. The minimum absolute atomic E-state index is 0.205. The van der Waals surface area contributed by atoms with Crippen molar-refractivity contribution in [3.63, 3.8) is 0 Å². The van der Waals surface area contributed by atoms with E-state index in [9.17, 15) is 4.39 Å². The van der Waals surface area contributed by atoms with Crippen LogP contribution in [0.4, 0.5) is 4.39 Å². The second-order valence-electron chi connectivity index (χ2n) is 5.76. The molecule has 0 bridgehead atoms. The molecule has 0 unspecified atom stereocenters. The van der Waals surface area contributed by atoms with E-state index in [4.69, 9.17) is 33.3 Å². The van der Waals surface area contributed by atoms with E-state index in [0.717, 1.165) is 11.4 Å². The van der Waals surface area contributed by atoms with Crippen LogP contribution in [0, 0.1) is 17.5 Å². The SMILES string of the molecule is COc1cc(CNn2c(C)n[nH]c2=S)ccc1OCc1ccc(F)cc1Cl. The van der Waals surface area contributed by atoms with Crippen LogP contribution in [-0.4, -0.2) is 22.0 Å². The van der Waals surface area contributed by atoms with E-state index in [0.29, 0.717) is 33.4 Å². The summed E-state index contributed by atoms with van der Waals surface area (Å²) in [6.07, 6.45) is 0. The molecule has 0 spiro atoms. The van der Waals surface area contributed by atoms with Crippen molar-refractivity contribution < 1.29 is 13.9 Å². The van der Waals surface area contributed by atoms with Crippen molar-refractivity contribution >= 4 is 23.8 Å². The normalized spacial score (nSPS) is 10.7. The molecule has 1 heterocycles. The quantitative estimate of drug-likeness (QED) is 0.568. The molecule has 3 rings (SSSR count). The van der Waals surface area contributed by atoms with Crippen molar-refractivity contribution in [3.05, 3.63) is 69.0 Å². The molecule has 142 valence electrons. The van der Waals surface area contributed by atoms with Gasteiger partial charge in [-0.2, -0.15) is 5.10 Å². The lowest BCUT2D eigenvalue weighted by molar-refractivity contribution is 0.284. The Morgan fingerprint density at radius 2 is 2.07 bits per heavy atom. The lowest BCUT2D eigenvalue weighted by Gasteiger charge is -2.14. The number of rotatable bonds is 7. The Morgan fingerprint density at radius 3 is 2.74 bits per heavy atom. The van der Waals surface area contributed by atoms with Crippen molar-refractivity contribution in [3.8, 4) is 11.5 Å². The predicted octanol–water partition coefficient (Wildman–Crippen LogP) is 4.37. The van der Waals surface area contributed by atoms with Crippen LogP contribution < -0.4 is 14.9 Å². The highest BCUT2D eigenvalue weighted by Crippen LogP contribution is 2.30. The minimum atomic E-state index is -0.383. The first kappa shape index (κ1) is 19.2. The molecule has 3 aromatic rings. The summed E-state index contributed by atoms with van der Waals surface area (Å²) in [4.78, 5) is 0. The fourth-order valence-corrected chi connectivity index (χ4v) is 2.93. The van der Waals surface area contributed by atoms with Gasteiger partial charge in [-0.3, -0.25) is 5.10 Å². The summed E-state index contributed by atoms with van der Waals surface area (Å²) in [5.41, 5.74) is 4.85. The number of aromatic nitrogens is 3. The van der Waals surface area contributed by atoms with Gasteiger partial charge >= 0.3 is 0 Å². The average Bonchev–Trinajstić information content (AvgIpc) is 2.97. The maximum absolute atomic E-state index is 13.1. The second-order valence-corrected chi connectivity index (χ2v) is 6.55. The Bertz CT molecular complexity index is 1010. The van der Waals surface area contributed by atoms with Gasteiger partial charge in [-0.25, -0.2) is 9.07 Å². The third-order valence-electron chi connectivity index (χ3n) is 3.91. The number of hydrogen-bond donors (Lipinski definition) is 2. The van der Waals surface area contributed by atoms with Gasteiger partial charge in [-0.15, -0.1) is 0 Å². The molecule has 0 saturated heterocycles. The molecule has 0 atom stereocenters. The van der Waals surface area contributed by atoms with Crippen LogP contribution >= 0.6 is 23.8 Å². The molecule has 0 aliphatic rings. The van der Waals surface area contributed by atoms with Gasteiger partial charge in [0.05, 0.1) is 18.7 Å². The topological polar surface area (TPSA) is 64.1 Å². The summed E-state index contributed by atoms with van der Waals surface area (Å²) in [6.45, 7) is 2.57. The number of ether oxygens (including phenoxy) is 2. The maximum Gasteiger partial charge on any atom is 0.214 e. The summed E-state index contributed by atoms with van der Waals surface area (Å²) in [6, 6.07) is 9.80. The van der Waals surface area contributed by atoms with Gasteiger partial charge in [-0.1, -0.05) is 23.7 Å². The predicted molar refractivity (Wildman–Crippen MR) is 104 cm³/mol. The van der Waals surface area contributed by atoms with Crippen molar-refractivity contribution in [1.82, 2.24) is 14.9 Å². The summed E-state index contributed by atoms with van der Waals surface area (Å²) in [5, 5.41) is 7.09. The molecule has 0 fully saturated rings. The Hall–Kier alpha value is -2.58. The van der Waals surface area contributed by atoms with E-state index in [1.54, 1.807) is 17.9 Å². The van der Waals surface area contributed by atoms with Gasteiger partial charge in [0.2, 0.25) is 4.77 Å². The van der Waals surface area contributed by atoms with Gasteiger partial charge in [0, 0.05) is 5.56 Å². The van der Waals surface area contributed by atoms with E-state index in [2.05, 4.69) is 15.6 Å². The molecule has 0 aliphatic carbocycles. The number of aromatic amines is 1. The molecular formula is C18H18ClFN4O2S. The van der Waals surface area contributed by atoms with Crippen LogP contribution in [0.15, 0.2) is 36.4 Å². The van der Waals surface area contributed by atoms with Gasteiger partial charge in [0.1, 0.15) is 18.2 Å². The third-order valence-corrected chi connectivity index (χ3v) is 4.53. The monoisotopic (exact) mass is 408 g/mol. The molecule has 0 saturated carbocycles. The van der Waals surface area contributed by atoms with E-state index >= 15 is 0 Å². The van der Waals surface area contributed by atoms with E-state index in [1.165, 1.54) is 12.1 Å². The van der Waals surface area contributed by atoms with Crippen LogP contribution in [-0.2, 0) is 13.2 Å². The Morgan fingerprint density at radius 1 is 1.26 bits per heavy atom. The largest absolute Gasteiger partial charge is 0.493 e. The fraction of sp³-hybridized carbons (Fsp3) is 0.222. The molecule has 0 radical (unpaired) electrons. The van der Waals surface area contributed by atoms with Crippen molar-refractivity contribution in [1.29, 1.82) is 0 Å². The van der Waals surface area contributed by atoms with E-state index in [-0.39, 0.29) is 12.4 Å². The number of hydrogen-bond acceptors (Lipinski definition) is 5. The first-order valence-corrected chi connectivity index (χ1v) is 8.88. The van der Waals surface area contributed by atoms with Gasteiger partial charge in [0.15, 0.2) is 11.5 Å². The highest BCUT2D eigenvalue weighted by molar-refractivity contribution is 7.71. The standard InChI is InChI=1S/C18H18ClFN4O2S/c1-11-22-23-18(27)24(11)21-9-12-3-6-16(17(7-12)25-2)26-10-13-4-5-14(20)8-15(13)19/h3-8,21H,9-10H2,1-2H3,(H,23,27). The first-order valence-electron chi connectivity index (χ1n) is 8.09. The average molecular weight is 409 g/mol. The van der Waals surface area contributed by atoms with Crippen LogP contribution in [0.25, 0.3) is 0 Å². The number of aryl methyl sites for hydroxylation is 1. The Balaban J connectivity index is 1.69. The first-order chi connectivity index (χ1) is 13.0. The molecular weight excluding hydrogens is 391 g/mol. The van der Waals surface area contributed by atoms with Crippen molar-refractivity contribution in [2.45, 2.75) is 20.1 Å². The summed E-state index contributed by atoms with van der Waals surface area (Å²) in [7, 11) is 1.57. The zero-order valence-electron chi connectivity index (χ0n) is 14.8. The zero-order valence-corrected chi connectivity index (χ0v) is 16.3. The van der Waals surface area contributed by atoms with Crippen molar-refractivity contribution in [2.75, 3.05) is 12.5 Å². The number of halogens is 2. The summed E-state index contributed by atoms with van der Waals surface area (Å²) in [5.74, 6) is 1.51. The van der Waals surface area contributed by atoms with Crippen molar-refractivity contribution in [2.24, 2.45) is 0 Å². The number of nitrogens with one attached hydrogen (secondary N) is 2. The lowest BCUT2D eigenvalue weighted by atomic mass is 10.2. The number of H-pyrrole nitrogens is 1. The molecule has 1 aromatic heterocycles. The zero-order chi connectivity index (χ0) is 19.4. The van der Waals surface area contributed by atoms with Crippen LogP contribution in [0.1, 0.15) is 17.0 Å². The van der Waals surface area contributed by atoms with E-state index in [1.807, 2.05) is 25.1 Å². The Labute approximate surface area is 165 Å². The lowest BCUT2D eigenvalue weighted by Crippen LogP contribution is -2.16. The number of methoxy groups -OCH3 is 1. The third kappa shape index (κ3) is 4.58. The van der Waals surface area contributed by atoms with Gasteiger partial charge < -0.3 is 14.9 Å². The second kappa shape index (κ2) is 8.41.